The van der Waals surface area contributed by atoms with Crippen LogP contribution in [0.25, 0.3) is 10.8 Å². The maximum atomic E-state index is 6.40. The molecule has 0 saturated heterocycles. The Morgan fingerprint density at radius 1 is 1.10 bits per heavy atom. The number of hydrogen-bond donors (Lipinski definition) is 1. The van der Waals surface area contributed by atoms with E-state index in [-0.39, 0.29) is 6.04 Å². The first-order valence-corrected chi connectivity index (χ1v) is 7.37. The van der Waals surface area contributed by atoms with Crippen LogP contribution in [0.2, 0.25) is 5.02 Å². The van der Waals surface area contributed by atoms with Crippen molar-refractivity contribution >= 4 is 38.3 Å². The Hall–Kier alpha value is -1.42. The topological polar surface area (TPSA) is 38.9 Å². The third-order valence-electron chi connectivity index (χ3n) is 3.34. The SMILES string of the molecule is NC(c1ccc(Cl)c(Br)c1)c1cncc2ccccc12. The number of fused-ring (bicyclic) bond motifs is 1. The fraction of sp³-hybridized carbons (Fsp3) is 0.0625. The molecule has 2 aromatic carbocycles. The van der Waals surface area contributed by atoms with Crippen molar-refractivity contribution in [2.75, 3.05) is 0 Å². The minimum absolute atomic E-state index is 0.234. The van der Waals surface area contributed by atoms with Gasteiger partial charge >= 0.3 is 0 Å². The molecule has 3 aromatic rings. The molecule has 0 amide bonds. The Labute approximate surface area is 130 Å². The third kappa shape index (κ3) is 2.44. The Morgan fingerprint density at radius 3 is 2.70 bits per heavy atom. The van der Waals surface area contributed by atoms with E-state index < -0.39 is 0 Å². The van der Waals surface area contributed by atoms with Crippen LogP contribution >= 0.6 is 27.5 Å². The normalized spacial score (nSPS) is 12.6. The van der Waals surface area contributed by atoms with Crippen LogP contribution in [0.5, 0.6) is 0 Å². The second-order valence-electron chi connectivity index (χ2n) is 4.60. The first-order chi connectivity index (χ1) is 9.66. The summed E-state index contributed by atoms with van der Waals surface area (Å²) in [6.07, 6.45) is 3.68. The van der Waals surface area contributed by atoms with E-state index in [0.717, 1.165) is 26.4 Å². The van der Waals surface area contributed by atoms with Crippen molar-refractivity contribution in [3.05, 3.63) is 75.5 Å². The fourth-order valence-corrected chi connectivity index (χ4v) is 2.79. The zero-order chi connectivity index (χ0) is 14.1. The van der Waals surface area contributed by atoms with Crippen molar-refractivity contribution < 1.29 is 0 Å². The lowest BCUT2D eigenvalue weighted by Crippen LogP contribution is -2.12. The van der Waals surface area contributed by atoms with Crippen molar-refractivity contribution in [1.82, 2.24) is 4.98 Å². The molecule has 1 heterocycles. The van der Waals surface area contributed by atoms with Crippen LogP contribution in [0, 0.1) is 0 Å². The lowest BCUT2D eigenvalue weighted by molar-refractivity contribution is 0.872. The molecule has 0 aliphatic heterocycles. The largest absolute Gasteiger partial charge is 0.320 e. The third-order valence-corrected chi connectivity index (χ3v) is 4.55. The predicted molar refractivity (Wildman–Crippen MR) is 86.9 cm³/mol. The molecule has 100 valence electrons. The highest BCUT2D eigenvalue weighted by molar-refractivity contribution is 9.10. The average molecular weight is 348 g/mol. The van der Waals surface area contributed by atoms with E-state index in [1.54, 1.807) is 0 Å². The molecule has 3 rings (SSSR count). The summed E-state index contributed by atoms with van der Waals surface area (Å²) < 4.78 is 0.848. The van der Waals surface area contributed by atoms with Crippen LogP contribution in [0.1, 0.15) is 17.2 Å². The molecule has 1 unspecified atom stereocenters. The van der Waals surface area contributed by atoms with E-state index in [0.29, 0.717) is 5.02 Å². The quantitative estimate of drug-likeness (QED) is 0.730. The van der Waals surface area contributed by atoms with Crippen molar-refractivity contribution in [3.63, 3.8) is 0 Å². The molecule has 1 atom stereocenters. The van der Waals surface area contributed by atoms with Gasteiger partial charge in [-0.3, -0.25) is 4.98 Å². The van der Waals surface area contributed by atoms with Gasteiger partial charge in [-0.25, -0.2) is 0 Å². The van der Waals surface area contributed by atoms with Crippen LogP contribution in [0.4, 0.5) is 0 Å². The van der Waals surface area contributed by atoms with Gasteiger partial charge in [-0.05, 0) is 44.6 Å². The number of nitrogens with two attached hydrogens (primary N) is 1. The minimum Gasteiger partial charge on any atom is -0.320 e. The van der Waals surface area contributed by atoms with Crippen LogP contribution in [0.15, 0.2) is 59.3 Å². The second kappa shape index (κ2) is 5.52. The van der Waals surface area contributed by atoms with Crippen LogP contribution in [0.3, 0.4) is 0 Å². The summed E-state index contributed by atoms with van der Waals surface area (Å²) >= 11 is 9.46. The monoisotopic (exact) mass is 346 g/mol. The molecular formula is C16H12BrClN2. The van der Waals surface area contributed by atoms with Gasteiger partial charge < -0.3 is 5.73 Å². The number of benzene rings is 2. The lowest BCUT2D eigenvalue weighted by Gasteiger charge is -2.15. The Morgan fingerprint density at radius 2 is 1.90 bits per heavy atom. The van der Waals surface area contributed by atoms with E-state index in [1.165, 1.54) is 0 Å². The molecule has 2 nitrogen and oxygen atoms in total. The van der Waals surface area contributed by atoms with Gasteiger partial charge in [0, 0.05) is 22.3 Å². The highest BCUT2D eigenvalue weighted by Crippen LogP contribution is 2.30. The van der Waals surface area contributed by atoms with Gasteiger partial charge in [0.2, 0.25) is 0 Å². The number of pyridine rings is 1. The van der Waals surface area contributed by atoms with Gasteiger partial charge in [-0.2, -0.15) is 0 Å². The van der Waals surface area contributed by atoms with Crippen molar-refractivity contribution in [1.29, 1.82) is 0 Å². The number of halogens is 2. The van der Waals surface area contributed by atoms with Crippen LogP contribution in [-0.2, 0) is 0 Å². The molecule has 20 heavy (non-hydrogen) atoms. The predicted octanol–water partition coefficient (Wildman–Crippen LogP) is 4.70. The van der Waals surface area contributed by atoms with E-state index in [2.05, 4.69) is 27.0 Å². The smallest absolute Gasteiger partial charge is 0.0573 e. The van der Waals surface area contributed by atoms with E-state index >= 15 is 0 Å². The van der Waals surface area contributed by atoms with Gasteiger partial charge in [0.05, 0.1) is 11.1 Å². The van der Waals surface area contributed by atoms with E-state index in [1.807, 2.05) is 48.8 Å². The fourth-order valence-electron chi connectivity index (χ4n) is 2.27. The van der Waals surface area contributed by atoms with Crippen LogP contribution < -0.4 is 5.73 Å². The molecule has 0 fully saturated rings. The highest BCUT2D eigenvalue weighted by atomic mass is 79.9. The molecule has 0 saturated carbocycles. The van der Waals surface area contributed by atoms with E-state index in [9.17, 15) is 0 Å². The molecule has 1 aromatic heterocycles. The number of rotatable bonds is 2. The molecule has 2 N–H and O–H groups in total. The Bertz CT molecular complexity index is 768. The number of aromatic nitrogens is 1. The van der Waals surface area contributed by atoms with Gasteiger partial charge in [-0.15, -0.1) is 0 Å². The molecule has 0 bridgehead atoms. The maximum absolute atomic E-state index is 6.40. The summed E-state index contributed by atoms with van der Waals surface area (Å²) in [4.78, 5) is 4.28. The average Bonchev–Trinajstić information content (AvgIpc) is 2.49. The van der Waals surface area contributed by atoms with Gasteiger partial charge in [0.15, 0.2) is 0 Å². The van der Waals surface area contributed by atoms with Crippen molar-refractivity contribution in [3.8, 4) is 0 Å². The highest BCUT2D eigenvalue weighted by Gasteiger charge is 2.13. The minimum atomic E-state index is -0.234. The number of nitrogens with zero attached hydrogens (tertiary/aromatic N) is 1. The van der Waals surface area contributed by atoms with Gasteiger partial charge in [0.25, 0.3) is 0 Å². The standard InChI is InChI=1S/C16H12BrClN2/c17-14-7-10(5-6-15(14)18)16(19)13-9-20-8-11-3-1-2-4-12(11)13/h1-9,16H,19H2. The number of hydrogen-bond acceptors (Lipinski definition) is 2. The molecule has 0 aliphatic rings. The zero-order valence-electron chi connectivity index (χ0n) is 10.6. The summed E-state index contributed by atoms with van der Waals surface area (Å²) in [7, 11) is 0. The molecule has 0 spiro atoms. The molecule has 0 radical (unpaired) electrons. The van der Waals surface area contributed by atoms with E-state index in [4.69, 9.17) is 17.3 Å². The molecular weight excluding hydrogens is 336 g/mol. The molecule has 4 heteroatoms. The molecule has 0 aliphatic carbocycles. The first-order valence-electron chi connectivity index (χ1n) is 6.20. The van der Waals surface area contributed by atoms with Crippen molar-refractivity contribution in [2.24, 2.45) is 5.73 Å². The summed E-state index contributed by atoms with van der Waals surface area (Å²) in [6, 6.07) is 13.6. The summed E-state index contributed by atoms with van der Waals surface area (Å²) in [5.74, 6) is 0. The zero-order valence-corrected chi connectivity index (χ0v) is 12.9. The summed E-state index contributed by atoms with van der Waals surface area (Å²) in [6.45, 7) is 0. The second-order valence-corrected chi connectivity index (χ2v) is 5.86. The van der Waals surface area contributed by atoms with Crippen LogP contribution in [-0.4, -0.2) is 4.98 Å². The Kier molecular flexibility index (Phi) is 3.74. The van der Waals surface area contributed by atoms with Crippen molar-refractivity contribution in [2.45, 2.75) is 6.04 Å². The summed E-state index contributed by atoms with van der Waals surface area (Å²) in [5.41, 5.74) is 8.41. The van der Waals surface area contributed by atoms with Gasteiger partial charge in [0.1, 0.15) is 0 Å². The van der Waals surface area contributed by atoms with Gasteiger partial charge in [-0.1, -0.05) is 41.9 Å². The Balaban J connectivity index is 2.12. The first kappa shape index (κ1) is 13.6. The lowest BCUT2D eigenvalue weighted by atomic mass is 9.96. The summed E-state index contributed by atoms with van der Waals surface area (Å²) in [5, 5.41) is 2.89. The maximum Gasteiger partial charge on any atom is 0.0573 e.